The number of hydrogen-bond donors (Lipinski definition) is 0. The SMILES string of the molecule is CC(C)=CC(=O)/C=C(/C)c1ccc(Cl)cc1. The van der Waals surface area contributed by atoms with E-state index in [9.17, 15) is 4.79 Å². The first kappa shape index (κ1) is 12.7. The summed E-state index contributed by atoms with van der Waals surface area (Å²) >= 11 is 5.80. The van der Waals surface area contributed by atoms with Crippen LogP contribution in [0.15, 0.2) is 42.0 Å². The van der Waals surface area contributed by atoms with Gasteiger partial charge in [0.25, 0.3) is 0 Å². The van der Waals surface area contributed by atoms with Crippen LogP contribution in [0.5, 0.6) is 0 Å². The average molecular weight is 235 g/mol. The topological polar surface area (TPSA) is 17.1 Å². The molecule has 0 atom stereocenters. The van der Waals surface area contributed by atoms with Gasteiger partial charge in [0.05, 0.1) is 0 Å². The Balaban J connectivity index is 2.89. The Kier molecular flexibility index (Phi) is 4.51. The second kappa shape index (κ2) is 5.66. The van der Waals surface area contributed by atoms with Crippen LogP contribution in [0.1, 0.15) is 26.3 Å². The summed E-state index contributed by atoms with van der Waals surface area (Å²) in [5.41, 5.74) is 2.96. The zero-order chi connectivity index (χ0) is 12.1. The minimum atomic E-state index is 0.0208. The highest BCUT2D eigenvalue weighted by Gasteiger charge is 1.98. The second-order valence-corrected chi connectivity index (χ2v) is 4.39. The first-order chi connectivity index (χ1) is 7.49. The van der Waals surface area contributed by atoms with Gasteiger partial charge in [-0.1, -0.05) is 29.3 Å². The van der Waals surface area contributed by atoms with Gasteiger partial charge < -0.3 is 0 Å². The lowest BCUT2D eigenvalue weighted by molar-refractivity contribution is -0.110. The van der Waals surface area contributed by atoms with Crippen LogP contribution in [0, 0.1) is 0 Å². The summed E-state index contributed by atoms with van der Waals surface area (Å²) in [5, 5.41) is 0.701. The van der Waals surface area contributed by atoms with Crippen molar-refractivity contribution in [3.05, 3.63) is 52.6 Å². The number of benzene rings is 1. The Hall–Kier alpha value is -1.34. The molecule has 2 heteroatoms. The molecule has 1 aromatic carbocycles. The molecule has 0 spiro atoms. The van der Waals surface area contributed by atoms with Gasteiger partial charge in [0.15, 0.2) is 5.78 Å². The predicted octanol–water partition coefficient (Wildman–Crippen LogP) is 4.28. The summed E-state index contributed by atoms with van der Waals surface area (Å²) in [7, 11) is 0. The lowest BCUT2D eigenvalue weighted by atomic mass is 10.1. The fourth-order valence-electron chi connectivity index (χ4n) is 1.34. The van der Waals surface area contributed by atoms with Gasteiger partial charge in [-0.3, -0.25) is 4.79 Å². The molecule has 0 unspecified atom stereocenters. The zero-order valence-corrected chi connectivity index (χ0v) is 10.5. The van der Waals surface area contributed by atoms with Crippen LogP contribution in [0.3, 0.4) is 0 Å². The number of carbonyl (C=O) groups is 1. The fraction of sp³-hybridized carbons (Fsp3) is 0.214. The molecule has 0 aromatic heterocycles. The van der Waals surface area contributed by atoms with E-state index in [0.717, 1.165) is 16.7 Å². The Labute approximate surface area is 101 Å². The average Bonchev–Trinajstić information content (AvgIpc) is 2.16. The van der Waals surface area contributed by atoms with Crippen LogP contribution >= 0.6 is 11.6 Å². The molecule has 0 heterocycles. The van der Waals surface area contributed by atoms with Crippen LogP contribution in [0.25, 0.3) is 5.57 Å². The fourth-order valence-corrected chi connectivity index (χ4v) is 1.46. The molecule has 0 saturated carbocycles. The monoisotopic (exact) mass is 234 g/mol. The second-order valence-electron chi connectivity index (χ2n) is 3.96. The summed E-state index contributed by atoms with van der Waals surface area (Å²) in [5.74, 6) is 0.0208. The van der Waals surface area contributed by atoms with E-state index in [2.05, 4.69) is 0 Å². The van der Waals surface area contributed by atoms with Gasteiger partial charge in [0.1, 0.15) is 0 Å². The summed E-state index contributed by atoms with van der Waals surface area (Å²) in [6, 6.07) is 7.45. The van der Waals surface area contributed by atoms with Crippen LogP contribution < -0.4 is 0 Å². The van der Waals surface area contributed by atoms with Gasteiger partial charge in [-0.15, -0.1) is 0 Å². The lowest BCUT2D eigenvalue weighted by Gasteiger charge is -2.00. The highest BCUT2D eigenvalue weighted by molar-refractivity contribution is 6.30. The van der Waals surface area contributed by atoms with Gasteiger partial charge in [-0.25, -0.2) is 0 Å². The zero-order valence-electron chi connectivity index (χ0n) is 9.75. The Morgan fingerprint density at radius 2 is 1.62 bits per heavy atom. The molecule has 84 valence electrons. The van der Waals surface area contributed by atoms with E-state index in [0.29, 0.717) is 5.02 Å². The first-order valence-corrected chi connectivity index (χ1v) is 5.50. The van der Waals surface area contributed by atoms with Crippen molar-refractivity contribution in [3.63, 3.8) is 0 Å². The normalized spacial score (nSPS) is 11.1. The smallest absolute Gasteiger partial charge is 0.178 e. The van der Waals surface area contributed by atoms with Crippen LogP contribution in [0.2, 0.25) is 5.02 Å². The minimum absolute atomic E-state index is 0.0208. The maximum absolute atomic E-state index is 11.5. The third-order valence-electron chi connectivity index (χ3n) is 2.09. The van der Waals surface area contributed by atoms with Crippen molar-refractivity contribution in [1.82, 2.24) is 0 Å². The molecule has 0 aliphatic carbocycles. The molecule has 0 amide bonds. The van der Waals surface area contributed by atoms with Crippen molar-refractivity contribution in [2.24, 2.45) is 0 Å². The third kappa shape index (κ3) is 4.03. The quantitative estimate of drug-likeness (QED) is 0.714. The van der Waals surface area contributed by atoms with Gasteiger partial charge in [-0.05, 0) is 56.2 Å². The molecule has 0 saturated heterocycles. The third-order valence-corrected chi connectivity index (χ3v) is 2.34. The van der Waals surface area contributed by atoms with Crippen molar-refractivity contribution in [2.45, 2.75) is 20.8 Å². The minimum Gasteiger partial charge on any atom is -0.290 e. The van der Waals surface area contributed by atoms with Crippen molar-refractivity contribution >= 4 is 23.0 Å². The molecule has 0 aliphatic heterocycles. The molecule has 0 bridgehead atoms. The summed E-state index contributed by atoms with van der Waals surface area (Å²) in [4.78, 5) is 11.5. The number of ketones is 1. The van der Waals surface area contributed by atoms with E-state index in [1.165, 1.54) is 0 Å². The molecular formula is C14H15ClO. The molecular weight excluding hydrogens is 220 g/mol. The lowest BCUT2D eigenvalue weighted by Crippen LogP contribution is -1.89. The number of halogens is 1. The highest BCUT2D eigenvalue weighted by Crippen LogP contribution is 2.17. The molecule has 0 fully saturated rings. The summed E-state index contributed by atoms with van der Waals surface area (Å²) in [6.07, 6.45) is 3.26. The van der Waals surface area contributed by atoms with E-state index in [1.54, 1.807) is 12.2 Å². The highest BCUT2D eigenvalue weighted by atomic mass is 35.5. The molecule has 1 nitrogen and oxygen atoms in total. The summed E-state index contributed by atoms with van der Waals surface area (Å²) in [6.45, 7) is 5.73. The largest absolute Gasteiger partial charge is 0.290 e. The number of allylic oxidation sites excluding steroid dienone is 4. The molecule has 0 radical (unpaired) electrons. The van der Waals surface area contributed by atoms with Crippen LogP contribution in [-0.2, 0) is 4.79 Å². The van der Waals surface area contributed by atoms with Crippen molar-refractivity contribution in [1.29, 1.82) is 0 Å². The number of hydrogen-bond acceptors (Lipinski definition) is 1. The standard InChI is InChI=1S/C14H15ClO/c1-10(2)8-14(16)9-11(3)12-4-6-13(15)7-5-12/h4-9H,1-3H3/b11-9-. The van der Waals surface area contributed by atoms with E-state index < -0.39 is 0 Å². The van der Waals surface area contributed by atoms with E-state index in [-0.39, 0.29) is 5.78 Å². The van der Waals surface area contributed by atoms with Crippen LogP contribution in [0.4, 0.5) is 0 Å². The summed E-state index contributed by atoms with van der Waals surface area (Å²) < 4.78 is 0. The van der Waals surface area contributed by atoms with Crippen molar-refractivity contribution in [2.75, 3.05) is 0 Å². The Morgan fingerprint density at radius 1 is 1.06 bits per heavy atom. The molecule has 1 rings (SSSR count). The van der Waals surface area contributed by atoms with Crippen molar-refractivity contribution in [3.8, 4) is 0 Å². The molecule has 0 aliphatic rings. The van der Waals surface area contributed by atoms with Gasteiger partial charge in [-0.2, -0.15) is 0 Å². The van der Waals surface area contributed by atoms with Gasteiger partial charge >= 0.3 is 0 Å². The molecule has 1 aromatic rings. The van der Waals surface area contributed by atoms with E-state index >= 15 is 0 Å². The predicted molar refractivity (Wildman–Crippen MR) is 69.5 cm³/mol. The van der Waals surface area contributed by atoms with Gasteiger partial charge in [0.2, 0.25) is 0 Å². The van der Waals surface area contributed by atoms with Gasteiger partial charge in [0, 0.05) is 5.02 Å². The molecule has 16 heavy (non-hydrogen) atoms. The Bertz CT molecular complexity index is 434. The van der Waals surface area contributed by atoms with Crippen molar-refractivity contribution < 1.29 is 4.79 Å². The maximum Gasteiger partial charge on any atom is 0.178 e. The van der Waals surface area contributed by atoms with E-state index in [4.69, 9.17) is 11.6 Å². The van der Waals surface area contributed by atoms with Crippen LogP contribution in [-0.4, -0.2) is 5.78 Å². The maximum atomic E-state index is 11.5. The van der Waals surface area contributed by atoms with E-state index in [1.807, 2.05) is 45.0 Å². The number of rotatable bonds is 3. The first-order valence-electron chi connectivity index (χ1n) is 5.12. The Morgan fingerprint density at radius 3 is 2.12 bits per heavy atom. The number of carbonyl (C=O) groups excluding carboxylic acids is 1. The molecule has 0 N–H and O–H groups in total.